The van der Waals surface area contributed by atoms with Gasteiger partial charge >= 0.3 is 0 Å². The number of hydrogen-bond acceptors (Lipinski definition) is 3. The first kappa shape index (κ1) is 19.0. The van der Waals surface area contributed by atoms with Crippen LogP contribution in [0.3, 0.4) is 0 Å². The normalized spacial score (nSPS) is 20.6. The molecule has 0 amide bonds. The van der Waals surface area contributed by atoms with Gasteiger partial charge in [-0.25, -0.2) is 0 Å². The maximum absolute atomic E-state index is 9.79. The quantitative estimate of drug-likeness (QED) is 0.512. The van der Waals surface area contributed by atoms with Gasteiger partial charge in [0.2, 0.25) is 5.88 Å². The van der Waals surface area contributed by atoms with Crippen LogP contribution in [-0.4, -0.2) is 0 Å². The highest BCUT2D eigenvalue weighted by Crippen LogP contribution is 2.48. The average Bonchev–Trinajstić information content (AvgIpc) is 2.70. The second-order valence-electron chi connectivity index (χ2n) is 6.85. The van der Waals surface area contributed by atoms with E-state index in [1.54, 1.807) is 0 Å². The van der Waals surface area contributed by atoms with Crippen molar-refractivity contribution in [2.75, 3.05) is 0 Å². The number of allylic oxidation sites excluding steroid dienone is 3. The molecule has 1 aliphatic heterocycles. The summed E-state index contributed by atoms with van der Waals surface area (Å²) in [5.74, 6) is 0.827. The third-order valence-corrected chi connectivity index (χ3v) is 6.61. The molecular weight excluding hydrogens is 480 g/mol. The van der Waals surface area contributed by atoms with Gasteiger partial charge in [-0.2, -0.15) is 5.26 Å². The highest BCUT2D eigenvalue weighted by atomic mass is 79.9. The lowest BCUT2D eigenvalue weighted by Crippen LogP contribution is -2.24. The number of nitriles is 1. The summed E-state index contributed by atoms with van der Waals surface area (Å²) in [5, 5.41) is 9.79. The predicted molar refractivity (Wildman–Crippen MR) is 118 cm³/mol. The van der Waals surface area contributed by atoms with E-state index in [1.165, 1.54) is 0 Å². The largest absolute Gasteiger partial charge is 0.440 e. The molecule has 3 nitrogen and oxygen atoms in total. The summed E-state index contributed by atoms with van der Waals surface area (Å²) in [4.78, 5) is 0. The van der Waals surface area contributed by atoms with Gasteiger partial charge in [0.15, 0.2) is 0 Å². The summed E-state index contributed by atoms with van der Waals surface area (Å²) < 4.78 is 8.03. The number of nitrogens with zero attached hydrogens (tertiary/aromatic N) is 1. The molecule has 0 bridgehead atoms. The highest BCUT2D eigenvalue weighted by Gasteiger charge is 2.36. The Bertz CT molecular complexity index is 1080. The number of ether oxygens (including phenoxy) is 1. The fourth-order valence-electron chi connectivity index (χ4n) is 3.88. The minimum Gasteiger partial charge on any atom is -0.440 e. The van der Waals surface area contributed by atoms with E-state index >= 15 is 0 Å². The van der Waals surface area contributed by atoms with E-state index in [4.69, 9.17) is 10.5 Å². The van der Waals surface area contributed by atoms with E-state index in [2.05, 4.69) is 50.1 Å². The standard InChI is InChI=1S/C23H18Br2N2O/c24-19-10-3-1-6-14(19)12-15-7-5-9-17-21(16-8-2-4-11-20(16)25)18(13-26)23(27)28-22(15)17/h1-4,6,8,10-12,21H,5,7,9,27H2/b15-12+. The van der Waals surface area contributed by atoms with Crippen molar-refractivity contribution in [2.24, 2.45) is 5.73 Å². The zero-order valence-corrected chi connectivity index (χ0v) is 18.3. The van der Waals surface area contributed by atoms with Gasteiger partial charge in [0.25, 0.3) is 0 Å². The minimum absolute atomic E-state index is 0.188. The zero-order valence-electron chi connectivity index (χ0n) is 15.1. The molecule has 2 aromatic carbocycles. The monoisotopic (exact) mass is 496 g/mol. The van der Waals surface area contributed by atoms with Gasteiger partial charge in [0.1, 0.15) is 17.4 Å². The summed E-state index contributed by atoms with van der Waals surface area (Å²) in [6, 6.07) is 18.4. The Kier molecular flexibility index (Phi) is 5.43. The molecule has 2 aliphatic rings. The molecule has 1 unspecified atom stereocenters. The second-order valence-corrected chi connectivity index (χ2v) is 8.55. The number of hydrogen-bond donors (Lipinski definition) is 1. The Morgan fingerprint density at radius 3 is 2.46 bits per heavy atom. The molecular formula is C23H18Br2N2O. The van der Waals surface area contributed by atoms with Crippen LogP contribution in [0.1, 0.15) is 36.3 Å². The van der Waals surface area contributed by atoms with Gasteiger partial charge in [-0.1, -0.05) is 68.3 Å². The average molecular weight is 498 g/mol. The lowest BCUT2D eigenvalue weighted by atomic mass is 9.77. The van der Waals surface area contributed by atoms with Crippen molar-refractivity contribution in [3.05, 3.63) is 97.0 Å². The summed E-state index contributed by atoms with van der Waals surface area (Å²) in [6.45, 7) is 0. The van der Waals surface area contributed by atoms with Gasteiger partial charge in [-0.3, -0.25) is 0 Å². The van der Waals surface area contributed by atoms with Crippen LogP contribution in [0, 0.1) is 11.3 Å². The summed E-state index contributed by atoms with van der Waals surface area (Å²) >= 11 is 7.26. The second kappa shape index (κ2) is 7.98. The van der Waals surface area contributed by atoms with E-state index in [1.807, 2.05) is 42.5 Å². The maximum Gasteiger partial charge on any atom is 0.205 e. The van der Waals surface area contributed by atoms with E-state index in [-0.39, 0.29) is 11.8 Å². The van der Waals surface area contributed by atoms with Crippen molar-refractivity contribution in [3.63, 3.8) is 0 Å². The van der Waals surface area contributed by atoms with Gasteiger partial charge in [-0.05, 0) is 59.7 Å². The fraction of sp³-hybridized carbons (Fsp3) is 0.174. The zero-order chi connectivity index (χ0) is 19.7. The van der Waals surface area contributed by atoms with Crippen molar-refractivity contribution >= 4 is 37.9 Å². The van der Waals surface area contributed by atoms with Crippen LogP contribution >= 0.6 is 31.9 Å². The van der Waals surface area contributed by atoms with Crippen LogP contribution in [0.4, 0.5) is 0 Å². The molecule has 5 heteroatoms. The number of rotatable bonds is 2. The van der Waals surface area contributed by atoms with Crippen LogP contribution in [0.25, 0.3) is 6.08 Å². The molecule has 0 spiro atoms. The number of nitrogens with two attached hydrogens (primary N) is 1. The Hall–Kier alpha value is -2.29. The fourth-order valence-corrected chi connectivity index (χ4v) is 4.79. The molecule has 1 atom stereocenters. The van der Waals surface area contributed by atoms with Gasteiger partial charge < -0.3 is 10.5 Å². The molecule has 2 aromatic rings. The van der Waals surface area contributed by atoms with E-state index in [0.29, 0.717) is 5.57 Å². The van der Waals surface area contributed by atoms with Crippen molar-refractivity contribution < 1.29 is 4.74 Å². The Morgan fingerprint density at radius 1 is 1.04 bits per heavy atom. The van der Waals surface area contributed by atoms with Crippen LogP contribution in [0.15, 0.2) is 85.8 Å². The molecule has 28 heavy (non-hydrogen) atoms. The van der Waals surface area contributed by atoms with Crippen molar-refractivity contribution in [2.45, 2.75) is 25.2 Å². The summed E-state index contributed by atoms with van der Waals surface area (Å²) in [6.07, 6.45) is 4.96. The topological polar surface area (TPSA) is 59.0 Å². The van der Waals surface area contributed by atoms with Crippen LogP contribution in [-0.2, 0) is 4.74 Å². The Labute approximate surface area is 181 Å². The van der Waals surface area contributed by atoms with Crippen LogP contribution in [0.2, 0.25) is 0 Å². The van der Waals surface area contributed by atoms with Crippen LogP contribution in [0.5, 0.6) is 0 Å². The van der Waals surface area contributed by atoms with Gasteiger partial charge in [0, 0.05) is 8.95 Å². The van der Waals surface area contributed by atoms with E-state index in [0.717, 1.165) is 56.2 Å². The lowest BCUT2D eigenvalue weighted by molar-refractivity contribution is 0.277. The van der Waals surface area contributed by atoms with E-state index < -0.39 is 0 Å². The molecule has 0 aromatic heterocycles. The predicted octanol–water partition coefficient (Wildman–Crippen LogP) is 6.54. The molecule has 0 saturated heterocycles. The molecule has 2 N–H and O–H groups in total. The number of benzene rings is 2. The van der Waals surface area contributed by atoms with Crippen molar-refractivity contribution in [1.29, 1.82) is 5.26 Å². The molecule has 1 heterocycles. The first-order valence-electron chi connectivity index (χ1n) is 9.10. The van der Waals surface area contributed by atoms with Crippen LogP contribution < -0.4 is 5.73 Å². The van der Waals surface area contributed by atoms with Gasteiger partial charge in [0.05, 0.1) is 5.92 Å². The number of halogens is 2. The molecule has 0 fully saturated rings. The third-order valence-electron chi connectivity index (χ3n) is 5.16. The highest BCUT2D eigenvalue weighted by molar-refractivity contribution is 9.10. The summed E-state index contributed by atoms with van der Waals surface area (Å²) in [5.41, 5.74) is 11.1. The van der Waals surface area contributed by atoms with Gasteiger partial charge in [-0.15, -0.1) is 0 Å². The Morgan fingerprint density at radius 2 is 1.75 bits per heavy atom. The SMILES string of the molecule is N#CC1=C(N)OC2=C(CCC/C2=C\c2ccccc2Br)C1c1ccccc1Br. The molecule has 140 valence electrons. The maximum atomic E-state index is 9.79. The van der Waals surface area contributed by atoms with Crippen molar-refractivity contribution in [3.8, 4) is 6.07 Å². The first-order valence-corrected chi connectivity index (χ1v) is 10.7. The first-order chi connectivity index (χ1) is 13.6. The van der Waals surface area contributed by atoms with E-state index in [9.17, 15) is 5.26 Å². The summed E-state index contributed by atoms with van der Waals surface area (Å²) in [7, 11) is 0. The minimum atomic E-state index is -0.188. The van der Waals surface area contributed by atoms with Crippen molar-refractivity contribution in [1.82, 2.24) is 0 Å². The lowest BCUT2D eigenvalue weighted by Gasteiger charge is -2.33. The Balaban J connectivity index is 1.88. The molecule has 4 rings (SSSR count). The molecule has 0 radical (unpaired) electrons. The molecule has 0 saturated carbocycles. The molecule has 1 aliphatic carbocycles. The third kappa shape index (κ3) is 3.43. The smallest absolute Gasteiger partial charge is 0.205 e.